The maximum absolute atomic E-state index is 13.4. The molecule has 0 aliphatic carbocycles. The van der Waals surface area contributed by atoms with E-state index in [0.29, 0.717) is 12.1 Å². The number of rotatable bonds is 4. The van der Waals surface area contributed by atoms with Crippen molar-refractivity contribution in [3.8, 4) is 0 Å². The normalized spacial score (nSPS) is 15.7. The molecular weight excluding hydrogens is 410 g/mol. The number of carbonyl (C=O) groups excluding carboxylic acids is 1. The fourth-order valence-electron chi connectivity index (χ4n) is 3.59. The minimum Gasteiger partial charge on any atom is -0.322 e. The summed E-state index contributed by atoms with van der Waals surface area (Å²) in [5.41, 5.74) is 1.72. The van der Waals surface area contributed by atoms with E-state index in [1.54, 1.807) is 12.1 Å². The predicted octanol–water partition coefficient (Wildman–Crippen LogP) is 4.36. The number of hydrogen-bond acceptors (Lipinski definition) is 3. The van der Waals surface area contributed by atoms with Crippen LogP contribution in [0.5, 0.6) is 0 Å². The highest BCUT2D eigenvalue weighted by Crippen LogP contribution is 2.36. The summed E-state index contributed by atoms with van der Waals surface area (Å²) < 4.78 is 54.5. The molecule has 0 radical (unpaired) electrons. The number of carbonyl (C=O) groups is 1. The Morgan fingerprint density at radius 2 is 1.77 bits per heavy atom. The summed E-state index contributed by atoms with van der Waals surface area (Å²) in [6.07, 6.45) is 0.603. The van der Waals surface area contributed by atoms with Gasteiger partial charge in [0.15, 0.2) is 11.6 Å². The van der Waals surface area contributed by atoms with Gasteiger partial charge in [0.05, 0.1) is 10.6 Å². The van der Waals surface area contributed by atoms with E-state index in [2.05, 4.69) is 5.32 Å². The first kappa shape index (κ1) is 20.0. The molecule has 0 spiro atoms. The van der Waals surface area contributed by atoms with E-state index < -0.39 is 27.6 Å². The molecule has 154 valence electrons. The molecule has 1 aliphatic heterocycles. The highest BCUT2D eigenvalue weighted by Gasteiger charge is 2.36. The number of amides is 1. The number of nitrogens with one attached hydrogen (secondary N) is 1. The van der Waals surface area contributed by atoms with Crippen LogP contribution in [-0.2, 0) is 16.4 Å². The molecule has 30 heavy (non-hydrogen) atoms. The highest BCUT2D eigenvalue weighted by molar-refractivity contribution is 7.92. The Morgan fingerprint density at radius 3 is 2.53 bits per heavy atom. The van der Waals surface area contributed by atoms with Crippen molar-refractivity contribution in [2.24, 2.45) is 0 Å². The van der Waals surface area contributed by atoms with Gasteiger partial charge in [0.2, 0.25) is 0 Å². The van der Waals surface area contributed by atoms with Gasteiger partial charge in [0.1, 0.15) is 0 Å². The third-order valence-corrected chi connectivity index (χ3v) is 6.90. The molecule has 3 aromatic rings. The lowest BCUT2D eigenvalue weighted by Crippen LogP contribution is -2.35. The summed E-state index contributed by atoms with van der Waals surface area (Å²) in [4.78, 5) is 12.5. The lowest BCUT2D eigenvalue weighted by Gasteiger charge is -2.24. The molecule has 1 heterocycles. The summed E-state index contributed by atoms with van der Waals surface area (Å²) in [5.74, 6) is -2.75. The molecule has 3 aromatic carbocycles. The monoisotopic (exact) mass is 428 g/mol. The van der Waals surface area contributed by atoms with Crippen molar-refractivity contribution in [3.05, 3.63) is 89.5 Å². The first-order valence-electron chi connectivity index (χ1n) is 9.26. The van der Waals surface area contributed by atoms with Crippen molar-refractivity contribution in [2.75, 3.05) is 9.62 Å². The average molecular weight is 428 g/mol. The number of hydrogen-bond donors (Lipinski definition) is 1. The summed E-state index contributed by atoms with van der Waals surface area (Å²) in [6.45, 7) is 1.83. The maximum Gasteiger partial charge on any atom is 0.264 e. The van der Waals surface area contributed by atoms with E-state index in [1.165, 1.54) is 34.6 Å². The number of fused-ring (bicyclic) bond motifs is 1. The van der Waals surface area contributed by atoms with Crippen molar-refractivity contribution in [1.29, 1.82) is 0 Å². The molecule has 0 aromatic heterocycles. The molecule has 0 saturated carbocycles. The molecular formula is C22H18F2N2O3S. The van der Waals surface area contributed by atoms with Crippen molar-refractivity contribution < 1.29 is 22.0 Å². The number of halogens is 2. The first-order valence-corrected chi connectivity index (χ1v) is 10.7. The third kappa shape index (κ3) is 3.54. The van der Waals surface area contributed by atoms with Gasteiger partial charge in [-0.15, -0.1) is 0 Å². The highest BCUT2D eigenvalue weighted by atomic mass is 32.2. The molecule has 1 atom stereocenters. The van der Waals surface area contributed by atoms with E-state index in [9.17, 15) is 22.0 Å². The lowest BCUT2D eigenvalue weighted by molar-refractivity contribution is 0.102. The summed E-state index contributed by atoms with van der Waals surface area (Å²) in [5, 5.41) is 2.44. The predicted molar refractivity (Wildman–Crippen MR) is 110 cm³/mol. The van der Waals surface area contributed by atoms with E-state index in [1.807, 2.05) is 19.1 Å². The number of sulfonamides is 1. The van der Waals surface area contributed by atoms with Crippen LogP contribution in [0.4, 0.5) is 20.2 Å². The van der Waals surface area contributed by atoms with Crippen LogP contribution in [-0.4, -0.2) is 20.4 Å². The van der Waals surface area contributed by atoms with E-state index >= 15 is 0 Å². The Labute approximate surface area is 173 Å². The van der Waals surface area contributed by atoms with Gasteiger partial charge >= 0.3 is 0 Å². The zero-order valence-corrected chi connectivity index (χ0v) is 16.8. The van der Waals surface area contributed by atoms with Crippen molar-refractivity contribution in [3.63, 3.8) is 0 Å². The van der Waals surface area contributed by atoms with Gasteiger partial charge < -0.3 is 5.32 Å². The van der Waals surface area contributed by atoms with Crippen LogP contribution in [0.3, 0.4) is 0 Å². The van der Waals surface area contributed by atoms with Crippen molar-refractivity contribution >= 4 is 27.3 Å². The Kier molecular flexibility index (Phi) is 5.03. The lowest BCUT2D eigenvalue weighted by atomic mass is 10.1. The van der Waals surface area contributed by atoms with Gasteiger partial charge in [-0.1, -0.05) is 24.3 Å². The molecule has 1 amide bonds. The smallest absolute Gasteiger partial charge is 0.264 e. The molecule has 0 saturated heterocycles. The fraction of sp³-hybridized carbons (Fsp3) is 0.136. The van der Waals surface area contributed by atoms with E-state index in [0.717, 1.165) is 17.7 Å². The summed E-state index contributed by atoms with van der Waals surface area (Å²) >= 11 is 0. The quantitative estimate of drug-likeness (QED) is 0.672. The molecule has 1 aliphatic rings. The SMILES string of the molecule is CC1Cc2ccccc2N1S(=O)(=O)c1cccc(C(=O)Nc2ccc(F)c(F)c2)c1. The standard InChI is InChI=1S/C22H18F2N2O3S/c1-14-11-15-5-2-3-8-21(15)26(14)30(28,29)18-7-4-6-16(12-18)22(27)25-17-9-10-19(23)20(24)13-17/h2-10,12-14H,11H2,1H3,(H,25,27). The van der Waals surface area contributed by atoms with Gasteiger partial charge in [0.25, 0.3) is 15.9 Å². The number of anilines is 2. The second-order valence-electron chi connectivity index (χ2n) is 7.09. The fourth-order valence-corrected chi connectivity index (χ4v) is 5.33. The minimum absolute atomic E-state index is 0.0241. The van der Waals surface area contributed by atoms with E-state index in [-0.39, 0.29) is 22.2 Å². The molecule has 1 unspecified atom stereocenters. The maximum atomic E-state index is 13.4. The second kappa shape index (κ2) is 7.53. The van der Waals surface area contributed by atoms with Crippen LogP contribution >= 0.6 is 0 Å². The Balaban J connectivity index is 1.64. The number of para-hydroxylation sites is 1. The van der Waals surface area contributed by atoms with Crippen molar-refractivity contribution in [1.82, 2.24) is 0 Å². The van der Waals surface area contributed by atoms with Gasteiger partial charge in [-0.3, -0.25) is 9.10 Å². The molecule has 4 rings (SSSR count). The zero-order chi connectivity index (χ0) is 21.5. The average Bonchev–Trinajstić information content (AvgIpc) is 3.07. The molecule has 5 nitrogen and oxygen atoms in total. The van der Waals surface area contributed by atoms with Crippen molar-refractivity contribution in [2.45, 2.75) is 24.3 Å². The molecule has 0 bridgehead atoms. The molecule has 1 N–H and O–H groups in total. The Bertz CT molecular complexity index is 1240. The molecule has 8 heteroatoms. The largest absolute Gasteiger partial charge is 0.322 e. The van der Waals surface area contributed by atoms with Gasteiger partial charge in [-0.05, 0) is 55.3 Å². The third-order valence-electron chi connectivity index (χ3n) is 4.98. The number of nitrogens with zero attached hydrogens (tertiary/aromatic N) is 1. The van der Waals surface area contributed by atoms with Crippen LogP contribution in [0.15, 0.2) is 71.6 Å². The van der Waals surface area contributed by atoms with Crippen LogP contribution < -0.4 is 9.62 Å². The first-order chi connectivity index (χ1) is 14.3. The summed E-state index contributed by atoms with van der Waals surface area (Å²) in [7, 11) is -3.90. The van der Waals surface area contributed by atoms with E-state index in [4.69, 9.17) is 0 Å². The van der Waals surface area contributed by atoms with Gasteiger partial charge in [-0.2, -0.15) is 0 Å². The molecule has 0 fully saturated rings. The van der Waals surface area contributed by atoms with Crippen LogP contribution in [0.25, 0.3) is 0 Å². The zero-order valence-electron chi connectivity index (χ0n) is 16.0. The summed E-state index contributed by atoms with van der Waals surface area (Å²) in [6, 6.07) is 15.7. The minimum atomic E-state index is -3.90. The van der Waals surface area contributed by atoms with Crippen LogP contribution in [0, 0.1) is 11.6 Å². The van der Waals surface area contributed by atoms with Gasteiger partial charge in [0, 0.05) is 23.4 Å². The Hall–Kier alpha value is -3.26. The second-order valence-corrected chi connectivity index (χ2v) is 8.91. The van der Waals surface area contributed by atoms with Gasteiger partial charge in [-0.25, -0.2) is 17.2 Å². The topological polar surface area (TPSA) is 66.5 Å². The van der Waals surface area contributed by atoms with Crippen LogP contribution in [0.2, 0.25) is 0 Å². The Morgan fingerprint density at radius 1 is 1.00 bits per heavy atom. The van der Waals surface area contributed by atoms with Crippen LogP contribution in [0.1, 0.15) is 22.8 Å². The number of benzene rings is 3.